The van der Waals surface area contributed by atoms with Crippen molar-refractivity contribution in [3.8, 4) is 0 Å². The smallest absolute Gasteiger partial charge is 0.279 e. The Kier molecular flexibility index (Phi) is 5.85. The van der Waals surface area contributed by atoms with Gasteiger partial charge in [0, 0.05) is 17.7 Å². The number of benzene rings is 2. The summed E-state index contributed by atoms with van der Waals surface area (Å²) in [4.78, 5) is 22.5. The van der Waals surface area contributed by atoms with Gasteiger partial charge in [0.15, 0.2) is 18.3 Å². The van der Waals surface area contributed by atoms with Gasteiger partial charge < -0.3 is 15.1 Å². The average Bonchev–Trinajstić information content (AvgIpc) is 3.19. The maximum Gasteiger partial charge on any atom is 0.279 e. The number of nitrogens with two attached hydrogens (primary N) is 1. The third-order valence-electron chi connectivity index (χ3n) is 3.98. The molecule has 0 fully saturated rings. The van der Waals surface area contributed by atoms with Gasteiger partial charge in [-0.25, -0.2) is 0 Å². The fourth-order valence-corrected chi connectivity index (χ4v) is 2.91. The number of anilines is 1. The third-order valence-corrected chi connectivity index (χ3v) is 4.30. The van der Waals surface area contributed by atoms with Crippen LogP contribution in [0.15, 0.2) is 71.3 Å². The minimum atomic E-state index is -0.543. The first kappa shape index (κ1) is 18.6. The SMILES string of the molecule is O=C(C[NH2+][C@H](c1ccccc1)c1ccco1)Nc1ccc([N+](=O)[O-])cc1Cl. The van der Waals surface area contributed by atoms with Gasteiger partial charge in [0.25, 0.3) is 11.6 Å². The number of hydrogen-bond donors (Lipinski definition) is 2. The van der Waals surface area contributed by atoms with Gasteiger partial charge in [-0.2, -0.15) is 0 Å². The summed E-state index contributed by atoms with van der Waals surface area (Å²) in [6, 6.07) is 17.1. The van der Waals surface area contributed by atoms with Crippen LogP contribution in [0.5, 0.6) is 0 Å². The number of amides is 1. The summed E-state index contributed by atoms with van der Waals surface area (Å²) in [5.41, 5.74) is 1.20. The van der Waals surface area contributed by atoms with Crippen LogP contribution in [0.4, 0.5) is 11.4 Å². The molecule has 2 aromatic carbocycles. The summed E-state index contributed by atoms with van der Waals surface area (Å²) in [7, 11) is 0. The molecule has 0 saturated heterocycles. The first-order chi connectivity index (χ1) is 13.0. The van der Waals surface area contributed by atoms with E-state index in [0.717, 1.165) is 11.3 Å². The van der Waals surface area contributed by atoms with Crippen LogP contribution in [0.1, 0.15) is 17.4 Å². The van der Waals surface area contributed by atoms with E-state index in [1.54, 1.807) is 12.3 Å². The molecule has 0 unspecified atom stereocenters. The minimum Gasteiger partial charge on any atom is -0.463 e. The van der Waals surface area contributed by atoms with Crippen LogP contribution in [-0.4, -0.2) is 17.4 Å². The van der Waals surface area contributed by atoms with Crippen LogP contribution in [0.25, 0.3) is 0 Å². The van der Waals surface area contributed by atoms with Crippen LogP contribution in [-0.2, 0) is 4.79 Å². The molecule has 0 aliphatic heterocycles. The molecule has 0 bridgehead atoms. The highest BCUT2D eigenvalue weighted by molar-refractivity contribution is 6.33. The Bertz CT molecular complexity index is 929. The van der Waals surface area contributed by atoms with Gasteiger partial charge >= 0.3 is 0 Å². The number of hydrogen-bond acceptors (Lipinski definition) is 4. The highest BCUT2D eigenvalue weighted by Crippen LogP contribution is 2.26. The number of nitrogens with one attached hydrogen (secondary N) is 1. The number of quaternary nitrogens is 1. The lowest BCUT2D eigenvalue weighted by Gasteiger charge is -2.14. The lowest BCUT2D eigenvalue weighted by atomic mass is 10.0. The molecule has 0 aliphatic carbocycles. The van der Waals surface area contributed by atoms with Crippen LogP contribution in [0, 0.1) is 10.1 Å². The van der Waals surface area contributed by atoms with E-state index >= 15 is 0 Å². The fraction of sp³-hybridized carbons (Fsp3) is 0.105. The largest absolute Gasteiger partial charge is 0.463 e. The average molecular weight is 387 g/mol. The van der Waals surface area contributed by atoms with Crippen LogP contribution in [0.3, 0.4) is 0 Å². The van der Waals surface area contributed by atoms with Crippen molar-refractivity contribution in [1.29, 1.82) is 0 Å². The van der Waals surface area contributed by atoms with Crippen molar-refractivity contribution in [1.82, 2.24) is 0 Å². The lowest BCUT2D eigenvalue weighted by molar-refractivity contribution is -0.678. The third kappa shape index (κ3) is 4.72. The minimum absolute atomic E-state index is 0.114. The topological polar surface area (TPSA) is 102 Å². The molecule has 0 saturated carbocycles. The van der Waals surface area contributed by atoms with Crippen molar-refractivity contribution in [2.24, 2.45) is 0 Å². The summed E-state index contributed by atoms with van der Waals surface area (Å²) in [6.45, 7) is 0.119. The molecule has 7 nitrogen and oxygen atoms in total. The second-order valence-corrected chi connectivity index (χ2v) is 6.22. The van der Waals surface area contributed by atoms with Crippen LogP contribution >= 0.6 is 11.6 Å². The van der Waals surface area contributed by atoms with E-state index in [9.17, 15) is 14.9 Å². The van der Waals surface area contributed by atoms with Crippen LogP contribution in [0.2, 0.25) is 5.02 Å². The van der Waals surface area contributed by atoms with E-state index in [0.29, 0.717) is 5.69 Å². The predicted octanol–water partition coefficient (Wildman–Crippen LogP) is 3.13. The summed E-state index contributed by atoms with van der Waals surface area (Å²) in [5, 5.41) is 15.4. The molecule has 3 N–H and O–H groups in total. The van der Waals surface area contributed by atoms with Gasteiger partial charge in [0.05, 0.1) is 21.9 Å². The number of nitro benzene ring substituents is 1. The molecule has 1 amide bonds. The molecule has 0 radical (unpaired) electrons. The number of non-ortho nitro benzene ring substituents is 1. The standard InChI is InChI=1S/C19H16ClN3O4/c20-15-11-14(23(25)26)8-9-16(15)22-18(24)12-21-19(17-7-4-10-27-17)13-5-2-1-3-6-13/h1-11,19,21H,12H2,(H,22,24)/p+1/t19-/m1/s1. The summed E-state index contributed by atoms with van der Waals surface area (Å²) in [6.07, 6.45) is 1.59. The number of carbonyl (C=O) groups is 1. The van der Waals surface area contributed by atoms with Gasteiger partial charge in [-0.3, -0.25) is 14.9 Å². The van der Waals surface area contributed by atoms with Crippen molar-refractivity contribution in [2.75, 3.05) is 11.9 Å². The van der Waals surface area contributed by atoms with Crippen molar-refractivity contribution in [3.05, 3.63) is 93.4 Å². The molecule has 3 aromatic rings. The molecular weight excluding hydrogens is 370 g/mol. The second-order valence-electron chi connectivity index (χ2n) is 5.81. The molecule has 0 aliphatic rings. The van der Waals surface area contributed by atoms with E-state index in [2.05, 4.69) is 5.32 Å². The number of carbonyl (C=O) groups excluding carboxylic acids is 1. The monoisotopic (exact) mass is 386 g/mol. The summed E-state index contributed by atoms with van der Waals surface area (Å²) in [5.74, 6) is 0.459. The summed E-state index contributed by atoms with van der Waals surface area (Å²) >= 11 is 6.01. The highest BCUT2D eigenvalue weighted by Gasteiger charge is 2.21. The quantitative estimate of drug-likeness (QED) is 0.481. The molecule has 8 heteroatoms. The van der Waals surface area contributed by atoms with E-state index in [1.807, 2.05) is 41.7 Å². The molecule has 1 atom stereocenters. The fourth-order valence-electron chi connectivity index (χ4n) is 2.69. The number of nitrogens with zero attached hydrogens (tertiary/aromatic N) is 1. The first-order valence-electron chi connectivity index (χ1n) is 8.20. The van der Waals surface area contributed by atoms with Gasteiger partial charge in [0.1, 0.15) is 0 Å². The molecule has 138 valence electrons. The van der Waals surface area contributed by atoms with Gasteiger partial charge in [-0.15, -0.1) is 0 Å². The number of nitro groups is 1. The first-order valence-corrected chi connectivity index (χ1v) is 8.58. The maximum absolute atomic E-state index is 12.3. The Labute approximate surface area is 160 Å². The zero-order chi connectivity index (χ0) is 19.2. The van der Waals surface area contributed by atoms with Crippen LogP contribution < -0.4 is 10.6 Å². The highest BCUT2D eigenvalue weighted by atomic mass is 35.5. The van der Waals surface area contributed by atoms with Gasteiger partial charge in [-0.05, 0) is 18.2 Å². The van der Waals surface area contributed by atoms with Gasteiger partial charge in [0.2, 0.25) is 0 Å². The number of rotatable bonds is 7. The molecule has 3 rings (SSSR count). The van der Waals surface area contributed by atoms with E-state index < -0.39 is 4.92 Å². The van der Waals surface area contributed by atoms with E-state index in [4.69, 9.17) is 16.0 Å². The Hall–Kier alpha value is -3.16. The molecule has 0 spiro atoms. The predicted molar refractivity (Wildman–Crippen MR) is 101 cm³/mol. The number of halogens is 1. The molecular formula is C19H17ClN3O4+. The van der Waals surface area contributed by atoms with Crippen molar-refractivity contribution < 1.29 is 19.5 Å². The summed E-state index contributed by atoms with van der Waals surface area (Å²) < 4.78 is 5.51. The lowest BCUT2D eigenvalue weighted by Crippen LogP contribution is -2.87. The Morgan fingerprint density at radius 3 is 2.59 bits per heavy atom. The Balaban J connectivity index is 1.67. The van der Waals surface area contributed by atoms with Crippen molar-refractivity contribution in [3.63, 3.8) is 0 Å². The van der Waals surface area contributed by atoms with E-state index in [1.165, 1.54) is 18.2 Å². The Morgan fingerprint density at radius 1 is 1.19 bits per heavy atom. The maximum atomic E-state index is 12.3. The van der Waals surface area contributed by atoms with Crippen molar-refractivity contribution in [2.45, 2.75) is 6.04 Å². The van der Waals surface area contributed by atoms with E-state index in [-0.39, 0.29) is 29.2 Å². The van der Waals surface area contributed by atoms with Crippen molar-refractivity contribution >= 4 is 28.9 Å². The second kappa shape index (κ2) is 8.48. The normalized spacial score (nSPS) is 11.7. The molecule has 1 heterocycles. The Morgan fingerprint density at radius 2 is 1.96 bits per heavy atom. The molecule has 27 heavy (non-hydrogen) atoms. The zero-order valence-corrected chi connectivity index (χ0v) is 14.9. The van der Waals surface area contributed by atoms with Gasteiger partial charge in [-0.1, -0.05) is 41.9 Å². The number of furan rings is 1. The zero-order valence-electron chi connectivity index (χ0n) is 14.2. The molecule has 1 aromatic heterocycles.